The molecule has 0 atom stereocenters. The molecule has 0 bridgehead atoms. The van der Waals surface area contributed by atoms with Crippen LogP contribution in [0.1, 0.15) is 56.8 Å². The van der Waals surface area contributed by atoms with Gasteiger partial charge in [0.05, 0.1) is 17.2 Å². The molecule has 166 valence electrons. The molecule has 1 aliphatic carbocycles. The highest BCUT2D eigenvalue weighted by molar-refractivity contribution is 6.34. The van der Waals surface area contributed by atoms with Crippen molar-refractivity contribution in [3.8, 4) is 5.75 Å². The first-order valence-electron chi connectivity index (χ1n) is 11.0. The van der Waals surface area contributed by atoms with Crippen molar-refractivity contribution in [1.29, 1.82) is 0 Å². The molecule has 0 aromatic heterocycles. The third-order valence-electron chi connectivity index (χ3n) is 6.73. The predicted molar refractivity (Wildman–Crippen MR) is 133 cm³/mol. The Kier molecular flexibility index (Phi) is 4.82. The standard InChI is InChI=1S/C29H22N2O3/c1-5-21(30-16-24-29(2,3)20-12-8-9-13-22(20)31(24)4)19-14-15-23(32)26-25(19)27(33)17-10-6-7-11-18(17)28(26)34/h6-16H,1H2,2-4H3/p+1/b30-16+. The van der Waals surface area contributed by atoms with Crippen LogP contribution in [-0.2, 0) is 5.41 Å². The zero-order chi connectivity index (χ0) is 24.2. The molecule has 0 unspecified atom stereocenters. The lowest BCUT2D eigenvalue weighted by atomic mass is 9.80. The Balaban J connectivity index is 1.63. The smallest absolute Gasteiger partial charge is 0.210 e. The number of phenolic OH excluding ortho intramolecular Hbond substituents is 1. The average Bonchev–Trinajstić information content (AvgIpc) is 3.04. The number of hydrogen-bond acceptors (Lipinski definition) is 4. The van der Waals surface area contributed by atoms with Crippen molar-refractivity contribution in [2.75, 3.05) is 7.05 Å². The molecular formula is C29H23N2O3+. The van der Waals surface area contributed by atoms with Gasteiger partial charge >= 0.3 is 0 Å². The Morgan fingerprint density at radius 2 is 1.59 bits per heavy atom. The number of carbonyl (C=O) groups is 2. The van der Waals surface area contributed by atoms with Crippen LogP contribution in [0.4, 0.5) is 5.69 Å². The lowest BCUT2D eigenvalue weighted by Crippen LogP contribution is -2.29. The molecule has 5 rings (SSSR count). The second kappa shape index (κ2) is 7.62. The number of para-hydroxylation sites is 1. The van der Waals surface area contributed by atoms with Crippen LogP contribution in [0, 0.1) is 0 Å². The number of aliphatic imine (C=N–C) groups is 1. The van der Waals surface area contributed by atoms with Crippen molar-refractivity contribution in [2.45, 2.75) is 19.3 Å². The highest BCUT2D eigenvalue weighted by atomic mass is 16.3. The summed E-state index contributed by atoms with van der Waals surface area (Å²) in [6.07, 6.45) is 1.76. The molecule has 5 nitrogen and oxygen atoms in total. The quantitative estimate of drug-likeness (QED) is 0.271. The fourth-order valence-electron chi connectivity index (χ4n) is 4.97. The van der Waals surface area contributed by atoms with Gasteiger partial charge in [-0.3, -0.25) is 9.59 Å². The van der Waals surface area contributed by atoms with E-state index in [1.807, 2.05) is 19.2 Å². The first-order chi connectivity index (χ1) is 16.3. The summed E-state index contributed by atoms with van der Waals surface area (Å²) in [5, 5.41) is 10.5. The number of ketones is 2. The van der Waals surface area contributed by atoms with Gasteiger partial charge in [0.1, 0.15) is 18.5 Å². The second-order valence-electron chi connectivity index (χ2n) is 8.96. The summed E-state index contributed by atoms with van der Waals surface area (Å²) in [6, 6.07) is 17.8. The van der Waals surface area contributed by atoms with E-state index >= 15 is 0 Å². The van der Waals surface area contributed by atoms with Crippen LogP contribution in [0.2, 0.25) is 0 Å². The molecule has 1 N–H and O–H groups in total. The molecule has 34 heavy (non-hydrogen) atoms. The van der Waals surface area contributed by atoms with E-state index in [-0.39, 0.29) is 33.6 Å². The molecule has 3 aromatic rings. The summed E-state index contributed by atoms with van der Waals surface area (Å²) in [5.41, 5.74) is 7.26. The highest BCUT2D eigenvalue weighted by Gasteiger charge is 2.43. The summed E-state index contributed by atoms with van der Waals surface area (Å²) in [4.78, 5) is 31.2. The molecular weight excluding hydrogens is 424 g/mol. The number of carbonyl (C=O) groups excluding carboxylic acids is 2. The monoisotopic (exact) mass is 447 g/mol. The van der Waals surface area contributed by atoms with E-state index in [1.165, 1.54) is 11.6 Å². The Bertz CT molecular complexity index is 1530. The maximum absolute atomic E-state index is 13.4. The fourth-order valence-corrected chi connectivity index (χ4v) is 4.97. The molecule has 1 aliphatic heterocycles. The van der Waals surface area contributed by atoms with E-state index < -0.39 is 5.78 Å². The van der Waals surface area contributed by atoms with Crippen LogP contribution in [-0.4, -0.2) is 40.2 Å². The van der Waals surface area contributed by atoms with Gasteiger partial charge < -0.3 is 5.11 Å². The molecule has 0 saturated heterocycles. The number of fused-ring (bicyclic) bond motifs is 3. The number of benzene rings is 3. The van der Waals surface area contributed by atoms with Gasteiger partial charge in [-0.05, 0) is 26.0 Å². The number of nitrogens with zero attached hydrogens (tertiary/aromatic N) is 2. The Hall–Kier alpha value is -4.34. The molecule has 1 heterocycles. The maximum atomic E-state index is 13.4. The molecule has 0 fully saturated rings. The third-order valence-corrected chi connectivity index (χ3v) is 6.73. The minimum absolute atomic E-state index is 0.0116. The van der Waals surface area contributed by atoms with Gasteiger partial charge in [-0.1, -0.05) is 49.0 Å². The van der Waals surface area contributed by atoms with E-state index in [1.54, 1.807) is 36.5 Å². The van der Waals surface area contributed by atoms with Crippen molar-refractivity contribution in [1.82, 2.24) is 0 Å². The summed E-state index contributed by atoms with van der Waals surface area (Å²) < 4.78 is 2.09. The molecule has 3 aromatic carbocycles. The zero-order valence-corrected chi connectivity index (χ0v) is 19.2. The Morgan fingerprint density at radius 1 is 0.971 bits per heavy atom. The van der Waals surface area contributed by atoms with Gasteiger partial charge in [0.25, 0.3) is 0 Å². The van der Waals surface area contributed by atoms with E-state index in [4.69, 9.17) is 0 Å². The number of phenols is 1. The number of aromatic hydroxyl groups is 1. The van der Waals surface area contributed by atoms with Crippen molar-refractivity contribution in [3.63, 3.8) is 0 Å². The summed E-state index contributed by atoms with van der Waals surface area (Å²) in [5.74, 6) is -0.962. The SMILES string of the molecule is C=C=C(/N=C/C1=[N+](C)c2ccccc2C1(C)C)c1ccc(O)c2c1C(=O)c1ccccc1C2=O. The molecule has 0 spiro atoms. The molecule has 0 radical (unpaired) electrons. The van der Waals surface area contributed by atoms with Crippen LogP contribution in [0.15, 0.2) is 78.0 Å². The number of rotatable bonds is 3. The van der Waals surface area contributed by atoms with Gasteiger partial charge in [0.15, 0.2) is 11.6 Å². The molecule has 2 aliphatic rings. The van der Waals surface area contributed by atoms with E-state index in [0.29, 0.717) is 16.8 Å². The largest absolute Gasteiger partial charge is 0.507 e. The first-order valence-corrected chi connectivity index (χ1v) is 11.0. The first kappa shape index (κ1) is 21.5. The van der Waals surface area contributed by atoms with Crippen LogP contribution >= 0.6 is 0 Å². The van der Waals surface area contributed by atoms with Crippen LogP contribution in [0.5, 0.6) is 5.75 Å². The molecule has 0 amide bonds. The minimum atomic E-state index is -0.390. The summed E-state index contributed by atoms with van der Waals surface area (Å²) in [6.45, 7) is 8.05. The van der Waals surface area contributed by atoms with Gasteiger partial charge in [-0.2, -0.15) is 4.58 Å². The fraction of sp³-hybridized carbons (Fsp3) is 0.138. The topological polar surface area (TPSA) is 69.7 Å². The van der Waals surface area contributed by atoms with Crippen LogP contribution < -0.4 is 0 Å². The van der Waals surface area contributed by atoms with Crippen molar-refractivity contribution in [2.24, 2.45) is 4.99 Å². The van der Waals surface area contributed by atoms with Crippen LogP contribution in [0.3, 0.4) is 0 Å². The maximum Gasteiger partial charge on any atom is 0.210 e. The normalized spacial score (nSPS) is 15.7. The molecule has 0 saturated carbocycles. The minimum Gasteiger partial charge on any atom is -0.507 e. The van der Waals surface area contributed by atoms with E-state index in [0.717, 1.165) is 11.4 Å². The average molecular weight is 448 g/mol. The number of hydrogen-bond donors (Lipinski definition) is 1. The van der Waals surface area contributed by atoms with Gasteiger partial charge in [0, 0.05) is 33.9 Å². The predicted octanol–water partition coefficient (Wildman–Crippen LogP) is 5.07. The van der Waals surface area contributed by atoms with Crippen molar-refractivity contribution < 1.29 is 19.3 Å². The Labute approximate surface area is 197 Å². The van der Waals surface area contributed by atoms with Crippen LogP contribution in [0.25, 0.3) is 5.70 Å². The summed E-state index contributed by atoms with van der Waals surface area (Å²) >= 11 is 0. The molecule has 5 heteroatoms. The van der Waals surface area contributed by atoms with Gasteiger partial charge in [-0.25, -0.2) is 4.99 Å². The zero-order valence-electron chi connectivity index (χ0n) is 19.2. The lowest BCUT2D eigenvalue weighted by Gasteiger charge is -2.21. The Morgan fingerprint density at radius 3 is 2.24 bits per heavy atom. The summed E-state index contributed by atoms with van der Waals surface area (Å²) in [7, 11) is 1.99. The van der Waals surface area contributed by atoms with E-state index in [2.05, 4.69) is 47.9 Å². The second-order valence-corrected chi connectivity index (χ2v) is 8.96. The van der Waals surface area contributed by atoms with E-state index in [9.17, 15) is 14.7 Å². The lowest BCUT2D eigenvalue weighted by molar-refractivity contribution is -0.400. The van der Waals surface area contributed by atoms with Gasteiger partial charge in [0.2, 0.25) is 11.4 Å². The van der Waals surface area contributed by atoms with Crippen molar-refractivity contribution in [3.05, 3.63) is 106 Å². The van der Waals surface area contributed by atoms with Gasteiger partial charge in [-0.15, -0.1) is 5.73 Å². The third kappa shape index (κ3) is 2.95. The highest BCUT2D eigenvalue weighted by Crippen LogP contribution is 2.39. The van der Waals surface area contributed by atoms with Crippen molar-refractivity contribution >= 4 is 34.9 Å².